The molecule has 1 atom stereocenters. The van der Waals surface area contributed by atoms with Crippen molar-refractivity contribution in [1.29, 1.82) is 0 Å². The molecule has 1 aliphatic rings. The van der Waals surface area contributed by atoms with Crippen LogP contribution < -0.4 is 5.32 Å². The first kappa shape index (κ1) is 21.0. The van der Waals surface area contributed by atoms with Gasteiger partial charge >= 0.3 is 0 Å². The first-order chi connectivity index (χ1) is 13.3. The SMILES string of the molecule is Cc1ccc(S(=O)(=O)N2CCCCC2CC(=O)Nc2ccc(Br)cc2F)cc1. The van der Waals surface area contributed by atoms with Gasteiger partial charge in [-0.3, -0.25) is 4.79 Å². The van der Waals surface area contributed by atoms with E-state index >= 15 is 0 Å². The van der Waals surface area contributed by atoms with Crippen LogP contribution in [0.2, 0.25) is 0 Å². The highest BCUT2D eigenvalue weighted by atomic mass is 79.9. The standard InChI is InChI=1S/C20H22BrFN2O3S/c1-14-5-8-17(9-6-14)28(26,27)24-11-3-2-4-16(24)13-20(25)23-19-10-7-15(21)12-18(19)22/h5-10,12,16H,2-4,11,13H2,1H3,(H,23,25). The molecule has 1 aliphatic heterocycles. The lowest BCUT2D eigenvalue weighted by molar-refractivity contribution is -0.117. The Morgan fingerprint density at radius 3 is 2.61 bits per heavy atom. The zero-order valence-electron chi connectivity index (χ0n) is 15.5. The molecule has 1 heterocycles. The summed E-state index contributed by atoms with van der Waals surface area (Å²) in [6.07, 6.45) is 2.19. The molecule has 2 aromatic rings. The molecule has 2 aromatic carbocycles. The number of anilines is 1. The zero-order valence-corrected chi connectivity index (χ0v) is 17.9. The van der Waals surface area contributed by atoms with Gasteiger partial charge in [-0.25, -0.2) is 12.8 Å². The minimum absolute atomic E-state index is 0.0133. The summed E-state index contributed by atoms with van der Waals surface area (Å²) >= 11 is 3.17. The largest absolute Gasteiger partial charge is 0.324 e. The molecule has 1 saturated heterocycles. The number of nitrogens with zero attached hydrogens (tertiary/aromatic N) is 1. The van der Waals surface area contributed by atoms with Gasteiger partial charge in [0.05, 0.1) is 10.6 Å². The van der Waals surface area contributed by atoms with Crippen LogP contribution in [0.3, 0.4) is 0 Å². The summed E-state index contributed by atoms with van der Waals surface area (Å²) in [6, 6.07) is 10.6. The van der Waals surface area contributed by atoms with Gasteiger partial charge in [-0.05, 0) is 50.1 Å². The van der Waals surface area contributed by atoms with Crippen LogP contribution in [-0.4, -0.2) is 31.2 Å². The van der Waals surface area contributed by atoms with Crippen LogP contribution in [-0.2, 0) is 14.8 Å². The first-order valence-electron chi connectivity index (χ1n) is 9.11. The van der Waals surface area contributed by atoms with Crippen LogP contribution in [0.25, 0.3) is 0 Å². The van der Waals surface area contributed by atoms with E-state index in [0.29, 0.717) is 17.4 Å². The van der Waals surface area contributed by atoms with E-state index in [4.69, 9.17) is 0 Å². The average molecular weight is 469 g/mol. The molecule has 0 spiro atoms. The van der Waals surface area contributed by atoms with Gasteiger partial charge in [0, 0.05) is 23.5 Å². The minimum Gasteiger partial charge on any atom is -0.324 e. The summed E-state index contributed by atoms with van der Waals surface area (Å²) in [7, 11) is -3.69. The van der Waals surface area contributed by atoms with Gasteiger partial charge in [-0.15, -0.1) is 0 Å². The molecular weight excluding hydrogens is 447 g/mol. The number of amides is 1. The molecule has 150 valence electrons. The number of halogens is 2. The first-order valence-corrected chi connectivity index (χ1v) is 11.3. The minimum atomic E-state index is -3.69. The van der Waals surface area contributed by atoms with Crippen molar-refractivity contribution < 1.29 is 17.6 Å². The summed E-state index contributed by atoms with van der Waals surface area (Å²) < 4.78 is 42.1. The highest BCUT2D eigenvalue weighted by molar-refractivity contribution is 9.10. The van der Waals surface area contributed by atoms with Crippen molar-refractivity contribution in [3.8, 4) is 0 Å². The number of benzene rings is 2. The van der Waals surface area contributed by atoms with Crippen LogP contribution >= 0.6 is 15.9 Å². The summed E-state index contributed by atoms with van der Waals surface area (Å²) in [4.78, 5) is 12.7. The van der Waals surface area contributed by atoms with Crippen LogP contribution in [0, 0.1) is 12.7 Å². The normalized spacial score (nSPS) is 18.0. The quantitative estimate of drug-likeness (QED) is 0.703. The van der Waals surface area contributed by atoms with E-state index in [1.54, 1.807) is 30.3 Å². The van der Waals surface area contributed by atoms with Gasteiger partial charge in [0.2, 0.25) is 15.9 Å². The second-order valence-corrected chi connectivity index (χ2v) is 9.76. The van der Waals surface area contributed by atoms with Crippen LogP contribution in [0.1, 0.15) is 31.2 Å². The Bertz CT molecular complexity index is 964. The third-order valence-electron chi connectivity index (χ3n) is 4.83. The molecule has 0 saturated carbocycles. The molecule has 1 unspecified atom stereocenters. The lowest BCUT2D eigenvalue weighted by Gasteiger charge is -2.34. The molecule has 0 aromatic heterocycles. The van der Waals surface area contributed by atoms with Crippen molar-refractivity contribution in [3.63, 3.8) is 0 Å². The Balaban J connectivity index is 1.75. The number of hydrogen-bond acceptors (Lipinski definition) is 3. The Morgan fingerprint density at radius 1 is 1.21 bits per heavy atom. The van der Waals surface area contributed by atoms with Crippen molar-refractivity contribution in [2.24, 2.45) is 0 Å². The second-order valence-electron chi connectivity index (χ2n) is 6.95. The van der Waals surface area contributed by atoms with Crippen LogP contribution in [0.15, 0.2) is 51.8 Å². The predicted molar refractivity (Wildman–Crippen MR) is 110 cm³/mol. The van der Waals surface area contributed by atoms with E-state index in [9.17, 15) is 17.6 Å². The summed E-state index contributed by atoms with van der Waals surface area (Å²) in [5.74, 6) is -0.951. The third kappa shape index (κ3) is 4.79. The highest BCUT2D eigenvalue weighted by Crippen LogP contribution is 2.28. The number of aryl methyl sites for hydroxylation is 1. The van der Waals surface area contributed by atoms with Gasteiger partial charge in [0.1, 0.15) is 5.82 Å². The molecule has 8 heteroatoms. The molecule has 5 nitrogen and oxygen atoms in total. The number of carbonyl (C=O) groups excluding carboxylic acids is 1. The smallest absolute Gasteiger partial charge is 0.243 e. The molecule has 0 bridgehead atoms. The molecule has 0 aliphatic carbocycles. The van der Waals surface area contributed by atoms with Crippen molar-refractivity contribution in [2.45, 2.75) is 43.5 Å². The van der Waals surface area contributed by atoms with Gasteiger partial charge in [-0.2, -0.15) is 4.31 Å². The second kappa shape index (κ2) is 8.71. The molecule has 1 amide bonds. The Labute approximate surface area is 173 Å². The molecule has 0 radical (unpaired) electrons. The molecular formula is C20H22BrFN2O3S. The number of rotatable bonds is 5. The van der Waals surface area contributed by atoms with E-state index in [-0.39, 0.29) is 17.0 Å². The van der Waals surface area contributed by atoms with Crippen molar-refractivity contribution in [1.82, 2.24) is 4.31 Å². The monoisotopic (exact) mass is 468 g/mol. The lowest BCUT2D eigenvalue weighted by atomic mass is 10.0. The predicted octanol–water partition coefficient (Wildman–Crippen LogP) is 4.47. The maximum Gasteiger partial charge on any atom is 0.243 e. The van der Waals surface area contributed by atoms with E-state index in [1.807, 2.05) is 6.92 Å². The van der Waals surface area contributed by atoms with E-state index in [1.165, 1.54) is 16.4 Å². The van der Waals surface area contributed by atoms with Crippen molar-refractivity contribution in [3.05, 3.63) is 58.3 Å². The third-order valence-corrected chi connectivity index (χ3v) is 7.29. The number of sulfonamides is 1. The van der Waals surface area contributed by atoms with E-state index < -0.39 is 27.8 Å². The maximum atomic E-state index is 14.0. The van der Waals surface area contributed by atoms with Gasteiger partial charge in [0.15, 0.2) is 0 Å². The topological polar surface area (TPSA) is 66.5 Å². The van der Waals surface area contributed by atoms with Gasteiger partial charge in [-0.1, -0.05) is 40.0 Å². The van der Waals surface area contributed by atoms with Crippen molar-refractivity contribution >= 4 is 37.5 Å². The summed E-state index contributed by atoms with van der Waals surface area (Å²) in [5, 5.41) is 2.55. The Hall–Kier alpha value is -1.77. The summed E-state index contributed by atoms with van der Waals surface area (Å²) in [5.41, 5.74) is 1.06. The molecule has 1 fully saturated rings. The molecule has 1 N–H and O–H groups in total. The molecule has 3 rings (SSSR count). The number of carbonyl (C=O) groups is 1. The lowest BCUT2D eigenvalue weighted by Crippen LogP contribution is -2.45. The maximum absolute atomic E-state index is 14.0. The summed E-state index contributed by atoms with van der Waals surface area (Å²) in [6.45, 7) is 2.27. The fourth-order valence-corrected chi connectivity index (χ4v) is 5.37. The van der Waals surface area contributed by atoms with Crippen LogP contribution in [0.5, 0.6) is 0 Å². The Kier molecular flexibility index (Phi) is 6.52. The average Bonchev–Trinajstić information content (AvgIpc) is 2.65. The fraction of sp³-hybridized carbons (Fsp3) is 0.350. The van der Waals surface area contributed by atoms with E-state index in [2.05, 4.69) is 21.2 Å². The van der Waals surface area contributed by atoms with Crippen molar-refractivity contribution in [2.75, 3.05) is 11.9 Å². The number of piperidine rings is 1. The van der Waals surface area contributed by atoms with Gasteiger partial charge in [0.25, 0.3) is 0 Å². The van der Waals surface area contributed by atoms with Gasteiger partial charge < -0.3 is 5.32 Å². The van der Waals surface area contributed by atoms with E-state index in [0.717, 1.165) is 18.4 Å². The molecule has 28 heavy (non-hydrogen) atoms. The number of nitrogens with one attached hydrogen (secondary N) is 1. The zero-order chi connectivity index (χ0) is 20.3. The Morgan fingerprint density at radius 2 is 1.93 bits per heavy atom. The van der Waals surface area contributed by atoms with Crippen LogP contribution in [0.4, 0.5) is 10.1 Å². The number of hydrogen-bond donors (Lipinski definition) is 1. The highest BCUT2D eigenvalue weighted by Gasteiger charge is 2.34. The fourth-order valence-electron chi connectivity index (χ4n) is 3.35.